The fraction of sp³-hybridized carbons (Fsp3) is 0.0833. The first-order valence-corrected chi connectivity index (χ1v) is 8.20. The maximum atomic E-state index is 14.0. The third-order valence-electron chi connectivity index (χ3n) is 2.48. The van der Waals surface area contributed by atoms with Crippen LogP contribution < -0.4 is 0 Å². The van der Waals surface area contributed by atoms with Gasteiger partial charge in [-0.25, -0.2) is 17.6 Å². The molecule has 0 unspecified atom stereocenters. The smallest absolute Gasteiger partial charge is 0.338 e. The van der Waals surface area contributed by atoms with E-state index in [1.807, 2.05) is 0 Å². The van der Waals surface area contributed by atoms with Crippen LogP contribution in [0.15, 0.2) is 34.5 Å². The monoisotopic (exact) mass is 334 g/mol. The predicted molar refractivity (Wildman–Crippen MR) is 73.6 cm³/mol. The second-order valence-corrected chi connectivity index (χ2v) is 7.34. The maximum absolute atomic E-state index is 14.0. The molecule has 106 valence electrons. The van der Waals surface area contributed by atoms with Gasteiger partial charge in [0.1, 0.15) is 4.90 Å². The summed E-state index contributed by atoms with van der Waals surface area (Å²) in [5.74, 6) is -3.27. The van der Waals surface area contributed by atoms with Crippen LogP contribution in [-0.2, 0) is 15.6 Å². The predicted octanol–water partition coefficient (Wildman–Crippen LogP) is 3.21. The molecule has 0 bridgehead atoms. The average molecular weight is 335 g/mol. The van der Waals surface area contributed by atoms with Crippen LogP contribution in [0.5, 0.6) is 0 Å². The van der Waals surface area contributed by atoms with Gasteiger partial charge in [-0.2, -0.15) is 0 Å². The highest BCUT2D eigenvalue weighted by Crippen LogP contribution is 2.27. The van der Waals surface area contributed by atoms with E-state index in [0.717, 1.165) is 12.1 Å². The number of rotatable bonds is 4. The van der Waals surface area contributed by atoms with Gasteiger partial charge in [0.15, 0.2) is 15.7 Å². The van der Waals surface area contributed by atoms with Crippen molar-refractivity contribution in [3.8, 4) is 0 Å². The number of halogens is 2. The minimum absolute atomic E-state index is 0.145. The Morgan fingerprint density at radius 3 is 2.65 bits per heavy atom. The quantitative estimate of drug-likeness (QED) is 0.932. The Bertz CT molecular complexity index is 754. The Balaban J connectivity index is 2.54. The van der Waals surface area contributed by atoms with Crippen molar-refractivity contribution in [2.24, 2.45) is 0 Å². The van der Waals surface area contributed by atoms with Crippen molar-refractivity contribution >= 4 is 38.7 Å². The zero-order valence-electron chi connectivity index (χ0n) is 9.84. The highest BCUT2D eigenvalue weighted by atomic mass is 35.5. The van der Waals surface area contributed by atoms with E-state index in [9.17, 15) is 17.6 Å². The van der Waals surface area contributed by atoms with Crippen molar-refractivity contribution in [3.63, 3.8) is 0 Å². The normalized spacial score (nSPS) is 11.5. The van der Waals surface area contributed by atoms with E-state index in [1.54, 1.807) is 17.5 Å². The molecule has 0 fully saturated rings. The van der Waals surface area contributed by atoms with Crippen molar-refractivity contribution in [3.05, 3.63) is 50.9 Å². The number of hydrogen-bond donors (Lipinski definition) is 1. The number of thiophene rings is 1. The molecule has 2 rings (SSSR count). The number of carbonyl (C=O) groups is 1. The summed E-state index contributed by atoms with van der Waals surface area (Å²) >= 11 is 6.88. The van der Waals surface area contributed by atoms with Crippen molar-refractivity contribution in [2.75, 3.05) is 0 Å². The van der Waals surface area contributed by atoms with E-state index in [4.69, 9.17) is 16.7 Å². The molecule has 0 amide bonds. The van der Waals surface area contributed by atoms with E-state index < -0.39 is 37.8 Å². The Kier molecular flexibility index (Phi) is 4.12. The third kappa shape index (κ3) is 3.00. The highest BCUT2D eigenvalue weighted by molar-refractivity contribution is 7.90. The largest absolute Gasteiger partial charge is 0.478 e. The van der Waals surface area contributed by atoms with Crippen LogP contribution in [0.25, 0.3) is 0 Å². The van der Waals surface area contributed by atoms with Gasteiger partial charge in [0.2, 0.25) is 0 Å². The molecule has 0 aliphatic carbocycles. The Hall–Kier alpha value is -1.44. The molecular formula is C12H8ClFO4S2. The lowest BCUT2D eigenvalue weighted by Crippen LogP contribution is -2.10. The van der Waals surface area contributed by atoms with Crippen LogP contribution in [0.4, 0.5) is 4.39 Å². The highest BCUT2D eigenvalue weighted by Gasteiger charge is 2.25. The van der Waals surface area contributed by atoms with E-state index >= 15 is 0 Å². The van der Waals surface area contributed by atoms with E-state index in [0.29, 0.717) is 4.88 Å². The maximum Gasteiger partial charge on any atom is 0.338 e. The molecule has 2 aromatic rings. The summed E-state index contributed by atoms with van der Waals surface area (Å²) in [6.45, 7) is 0. The molecule has 0 aliphatic rings. The lowest BCUT2D eigenvalue weighted by Gasteiger charge is -2.07. The molecule has 0 atom stereocenters. The number of sulfone groups is 1. The van der Waals surface area contributed by atoms with Crippen molar-refractivity contribution in [1.29, 1.82) is 0 Å². The van der Waals surface area contributed by atoms with Crippen molar-refractivity contribution in [1.82, 2.24) is 0 Å². The van der Waals surface area contributed by atoms with Gasteiger partial charge in [-0.3, -0.25) is 0 Å². The summed E-state index contributed by atoms with van der Waals surface area (Å²) in [7, 11) is -4.00. The summed E-state index contributed by atoms with van der Waals surface area (Å²) < 4.78 is 38.3. The molecule has 8 heteroatoms. The molecule has 4 nitrogen and oxygen atoms in total. The van der Waals surface area contributed by atoms with Gasteiger partial charge in [0, 0.05) is 9.90 Å². The van der Waals surface area contributed by atoms with Gasteiger partial charge in [0.05, 0.1) is 11.3 Å². The van der Waals surface area contributed by atoms with Crippen molar-refractivity contribution in [2.45, 2.75) is 10.6 Å². The fourth-order valence-corrected chi connectivity index (χ4v) is 4.43. The van der Waals surface area contributed by atoms with Crippen LogP contribution in [0.1, 0.15) is 15.2 Å². The molecule has 0 saturated heterocycles. The summed E-state index contributed by atoms with van der Waals surface area (Å²) in [5.41, 5.74) is -0.762. The second kappa shape index (κ2) is 5.51. The molecule has 0 saturated carbocycles. The Morgan fingerprint density at radius 2 is 2.10 bits per heavy atom. The molecule has 0 aliphatic heterocycles. The Morgan fingerprint density at radius 1 is 1.40 bits per heavy atom. The van der Waals surface area contributed by atoms with Crippen LogP contribution >= 0.6 is 22.9 Å². The number of benzene rings is 1. The van der Waals surface area contributed by atoms with Gasteiger partial charge in [-0.05, 0) is 23.6 Å². The van der Waals surface area contributed by atoms with E-state index in [1.165, 1.54) is 11.3 Å². The number of aromatic carboxylic acids is 1. The molecule has 1 aromatic heterocycles. The molecule has 20 heavy (non-hydrogen) atoms. The molecule has 1 heterocycles. The minimum Gasteiger partial charge on any atom is -0.478 e. The summed E-state index contributed by atoms with van der Waals surface area (Å²) in [5, 5.41) is 10.4. The molecule has 0 radical (unpaired) electrons. The second-order valence-electron chi connectivity index (χ2n) is 3.91. The SMILES string of the molecule is O=C(O)c1cc(Cl)cc(S(=O)(=O)Cc2cccs2)c1F. The van der Waals surface area contributed by atoms with E-state index in [-0.39, 0.29) is 5.02 Å². The first-order valence-electron chi connectivity index (χ1n) is 5.29. The fourth-order valence-electron chi connectivity index (χ4n) is 1.61. The average Bonchev–Trinajstić information content (AvgIpc) is 2.83. The lowest BCUT2D eigenvalue weighted by molar-refractivity contribution is 0.0691. The summed E-state index contributed by atoms with van der Waals surface area (Å²) in [4.78, 5) is 10.7. The molecular weight excluding hydrogens is 327 g/mol. The number of hydrogen-bond acceptors (Lipinski definition) is 4. The first kappa shape index (κ1) is 15.0. The summed E-state index contributed by atoms with van der Waals surface area (Å²) in [6, 6.07) is 5.07. The van der Waals surface area contributed by atoms with Gasteiger partial charge < -0.3 is 5.11 Å². The Labute approximate surface area is 123 Å². The van der Waals surface area contributed by atoms with Crippen LogP contribution in [0.2, 0.25) is 5.02 Å². The van der Waals surface area contributed by atoms with Gasteiger partial charge in [-0.1, -0.05) is 17.7 Å². The minimum atomic E-state index is -4.00. The standard InChI is InChI=1S/C12H8ClFO4S2/c13-7-4-9(12(15)16)11(14)10(5-7)20(17,18)6-8-2-1-3-19-8/h1-5H,6H2,(H,15,16). The van der Waals surface area contributed by atoms with E-state index in [2.05, 4.69) is 0 Å². The van der Waals surface area contributed by atoms with Crippen LogP contribution in [0, 0.1) is 5.82 Å². The van der Waals surface area contributed by atoms with Crippen LogP contribution in [-0.4, -0.2) is 19.5 Å². The van der Waals surface area contributed by atoms with Gasteiger partial charge >= 0.3 is 5.97 Å². The summed E-state index contributed by atoms with van der Waals surface area (Å²) in [6.07, 6.45) is 0. The van der Waals surface area contributed by atoms with Gasteiger partial charge in [0.25, 0.3) is 0 Å². The first-order chi connectivity index (χ1) is 9.31. The number of carboxylic acids is 1. The lowest BCUT2D eigenvalue weighted by atomic mass is 10.2. The molecule has 1 aromatic carbocycles. The third-order valence-corrected chi connectivity index (χ3v) is 5.42. The zero-order chi connectivity index (χ0) is 14.9. The molecule has 0 spiro atoms. The van der Waals surface area contributed by atoms with Crippen molar-refractivity contribution < 1.29 is 22.7 Å². The topological polar surface area (TPSA) is 71.4 Å². The molecule has 1 N–H and O–H groups in total. The zero-order valence-corrected chi connectivity index (χ0v) is 12.2. The number of carboxylic acid groups (broad SMARTS) is 1. The van der Waals surface area contributed by atoms with Gasteiger partial charge in [-0.15, -0.1) is 11.3 Å². The van der Waals surface area contributed by atoms with Crippen LogP contribution in [0.3, 0.4) is 0 Å².